The molecule has 3 aromatic rings. The zero-order chi connectivity index (χ0) is 17.3. The molecule has 2 fully saturated rings. The number of rotatable bonds is 4. The summed E-state index contributed by atoms with van der Waals surface area (Å²) in [5.74, 6) is 3.19. The average molecular weight is 346 g/mol. The van der Waals surface area contributed by atoms with Crippen LogP contribution < -0.4 is 4.90 Å². The van der Waals surface area contributed by atoms with Gasteiger partial charge >= 0.3 is 0 Å². The second-order valence-corrected chi connectivity index (χ2v) is 7.31. The van der Waals surface area contributed by atoms with Crippen LogP contribution in [-0.2, 0) is 6.54 Å². The summed E-state index contributed by atoms with van der Waals surface area (Å²) in [4.78, 5) is 4.98. The average Bonchev–Trinajstić information content (AvgIpc) is 3.39. The third-order valence-corrected chi connectivity index (χ3v) is 5.51. The third kappa shape index (κ3) is 2.97. The molecule has 2 aromatic heterocycles. The Bertz CT molecular complexity index is 832. The normalized spacial score (nSPS) is 22.7. The summed E-state index contributed by atoms with van der Waals surface area (Å²) in [5, 5.41) is 13.0. The molecule has 0 radical (unpaired) electrons. The second kappa shape index (κ2) is 6.53. The van der Waals surface area contributed by atoms with E-state index in [1.54, 1.807) is 10.9 Å². The van der Waals surface area contributed by atoms with E-state index in [0.717, 1.165) is 43.1 Å². The Morgan fingerprint density at radius 2 is 1.54 bits per heavy atom. The molecule has 0 N–H and O–H groups in total. The van der Waals surface area contributed by atoms with E-state index in [2.05, 4.69) is 61.5 Å². The van der Waals surface area contributed by atoms with Gasteiger partial charge in [0, 0.05) is 45.1 Å². The lowest BCUT2D eigenvalue weighted by Gasteiger charge is -2.22. The summed E-state index contributed by atoms with van der Waals surface area (Å²) < 4.78 is 1.73. The summed E-state index contributed by atoms with van der Waals surface area (Å²) in [5.41, 5.74) is 1.41. The number of hydrogen-bond donors (Lipinski definition) is 0. The number of fused-ring (bicyclic) bond motifs is 1. The number of benzene rings is 1. The van der Waals surface area contributed by atoms with Crippen molar-refractivity contribution in [3.05, 3.63) is 66.5 Å². The van der Waals surface area contributed by atoms with Crippen molar-refractivity contribution in [2.45, 2.75) is 6.54 Å². The van der Waals surface area contributed by atoms with Gasteiger partial charge in [0.05, 0.1) is 0 Å². The summed E-state index contributed by atoms with van der Waals surface area (Å²) in [6.07, 6.45) is 3.63. The monoisotopic (exact) mass is 346 g/mol. The van der Waals surface area contributed by atoms with Crippen LogP contribution in [0.5, 0.6) is 0 Å². The smallest absolute Gasteiger partial charge is 0.175 e. The highest BCUT2D eigenvalue weighted by atomic mass is 15.4. The Kier molecular flexibility index (Phi) is 3.90. The number of aromatic nitrogens is 4. The Labute approximate surface area is 153 Å². The first-order valence-electron chi connectivity index (χ1n) is 9.20. The largest absolute Gasteiger partial charge is 0.354 e. The van der Waals surface area contributed by atoms with Crippen LogP contribution in [0.3, 0.4) is 0 Å². The molecular formula is C20H22N6. The van der Waals surface area contributed by atoms with Crippen molar-refractivity contribution in [1.29, 1.82) is 0 Å². The van der Waals surface area contributed by atoms with E-state index < -0.39 is 0 Å². The first-order chi connectivity index (χ1) is 12.8. The van der Waals surface area contributed by atoms with Crippen LogP contribution in [0.2, 0.25) is 0 Å². The highest BCUT2D eigenvalue weighted by molar-refractivity contribution is 5.41. The van der Waals surface area contributed by atoms with Crippen molar-refractivity contribution in [3.8, 4) is 5.82 Å². The summed E-state index contributed by atoms with van der Waals surface area (Å²) in [7, 11) is 0. The quantitative estimate of drug-likeness (QED) is 0.725. The van der Waals surface area contributed by atoms with Gasteiger partial charge in [-0.3, -0.25) is 4.90 Å². The number of likely N-dealkylation sites (tertiary alicyclic amines) is 1. The van der Waals surface area contributed by atoms with E-state index in [1.165, 1.54) is 18.7 Å². The van der Waals surface area contributed by atoms with Gasteiger partial charge in [-0.05, 0) is 35.6 Å². The molecule has 0 spiro atoms. The molecule has 1 aromatic carbocycles. The lowest BCUT2D eigenvalue weighted by Crippen LogP contribution is -2.29. The Morgan fingerprint density at radius 3 is 2.19 bits per heavy atom. The van der Waals surface area contributed by atoms with Crippen molar-refractivity contribution >= 4 is 5.82 Å². The molecule has 132 valence electrons. The minimum Gasteiger partial charge on any atom is -0.354 e. The van der Waals surface area contributed by atoms with Crippen molar-refractivity contribution in [1.82, 2.24) is 24.9 Å². The van der Waals surface area contributed by atoms with Crippen LogP contribution in [0.25, 0.3) is 5.82 Å². The maximum Gasteiger partial charge on any atom is 0.175 e. The molecule has 0 bridgehead atoms. The van der Waals surface area contributed by atoms with Gasteiger partial charge in [-0.25, -0.2) is 4.68 Å². The van der Waals surface area contributed by atoms with Gasteiger partial charge in [0.25, 0.3) is 0 Å². The van der Waals surface area contributed by atoms with E-state index >= 15 is 0 Å². The molecular weight excluding hydrogens is 324 g/mol. The standard InChI is InChI=1S/C20H22N6/c1-2-5-16(6-3-1)11-24-12-17-14-25(15-18(17)13-24)19-7-8-20(23-22-19)26-10-4-9-21-26/h1-10,17-18H,11-15H2/t17-,18-/m0/s1. The molecule has 0 amide bonds. The van der Waals surface area contributed by atoms with E-state index in [9.17, 15) is 0 Å². The molecule has 2 aliphatic heterocycles. The van der Waals surface area contributed by atoms with Crippen molar-refractivity contribution in [2.75, 3.05) is 31.1 Å². The second-order valence-electron chi connectivity index (χ2n) is 7.31. The fraction of sp³-hybridized carbons (Fsp3) is 0.350. The lowest BCUT2D eigenvalue weighted by atomic mass is 10.0. The molecule has 5 rings (SSSR count). The predicted octanol–water partition coefficient (Wildman–Crippen LogP) is 2.23. The lowest BCUT2D eigenvalue weighted by molar-refractivity contribution is 0.309. The predicted molar refractivity (Wildman–Crippen MR) is 100 cm³/mol. The molecule has 0 unspecified atom stereocenters. The van der Waals surface area contributed by atoms with Crippen LogP contribution in [-0.4, -0.2) is 51.1 Å². The SMILES string of the molecule is c1ccc(CN2C[C@H]3CN(c4ccc(-n5cccn5)nn4)C[C@@H]3C2)cc1. The van der Waals surface area contributed by atoms with Gasteiger partial charge < -0.3 is 4.90 Å². The first kappa shape index (κ1) is 15.5. The van der Waals surface area contributed by atoms with Gasteiger partial charge in [0.15, 0.2) is 11.6 Å². The number of nitrogens with zero attached hydrogens (tertiary/aromatic N) is 6. The summed E-state index contributed by atoms with van der Waals surface area (Å²) >= 11 is 0. The Balaban J connectivity index is 1.21. The van der Waals surface area contributed by atoms with Crippen LogP contribution in [0.4, 0.5) is 5.82 Å². The highest BCUT2D eigenvalue weighted by Gasteiger charge is 2.40. The molecule has 0 aliphatic carbocycles. The number of hydrogen-bond acceptors (Lipinski definition) is 5. The highest BCUT2D eigenvalue weighted by Crippen LogP contribution is 2.33. The van der Waals surface area contributed by atoms with Crippen molar-refractivity contribution in [3.63, 3.8) is 0 Å². The minimum atomic E-state index is 0.728. The zero-order valence-corrected chi connectivity index (χ0v) is 14.6. The fourth-order valence-corrected chi connectivity index (χ4v) is 4.26. The van der Waals surface area contributed by atoms with Crippen LogP contribution >= 0.6 is 0 Å². The van der Waals surface area contributed by atoms with E-state index in [1.807, 2.05) is 18.3 Å². The van der Waals surface area contributed by atoms with E-state index in [0.29, 0.717) is 0 Å². The van der Waals surface area contributed by atoms with Gasteiger partial charge in [-0.15, -0.1) is 10.2 Å². The maximum atomic E-state index is 4.43. The van der Waals surface area contributed by atoms with Crippen LogP contribution in [0, 0.1) is 11.8 Å². The molecule has 2 aliphatic rings. The van der Waals surface area contributed by atoms with E-state index in [-0.39, 0.29) is 0 Å². The molecule has 2 atom stereocenters. The Morgan fingerprint density at radius 1 is 0.808 bits per heavy atom. The maximum absolute atomic E-state index is 4.43. The third-order valence-electron chi connectivity index (χ3n) is 5.51. The molecule has 0 saturated carbocycles. The molecule has 6 nitrogen and oxygen atoms in total. The van der Waals surface area contributed by atoms with Crippen molar-refractivity contribution < 1.29 is 0 Å². The van der Waals surface area contributed by atoms with Crippen LogP contribution in [0.1, 0.15) is 5.56 Å². The van der Waals surface area contributed by atoms with Crippen molar-refractivity contribution in [2.24, 2.45) is 11.8 Å². The topological polar surface area (TPSA) is 50.1 Å². The van der Waals surface area contributed by atoms with E-state index in [4.69, 9.17) is 0 Å². The van der Waals surface area contributed by atoms with Gasteiger partial charge in [-0.2, -0.15) is 5.10 Å². The summed E-state index contributed by atoms with van der Waals surface area (Å²) in [6.45, 7) is 5.56. The van der Waals surface area contributed by atoms with Crippen LogP contribution in [0.15, 0.2) is 60.9 Å². The summed E-state index contributed by atoms with van der Waals surface area (Å²) in [6, 6.07) is 16.7. The van der Waals surface area contributed by atoms with Gasteiger partial charge in [0.1, 0.15) is 0 Å². The first-order valence-corrected chi connectivity index (χ1v) is 9.20. The molecule has 26 heavy (non-hydrogen) atoms. The fourth-order valence-electron chi connectivity index (χ4n) is 4.26. The minimum absolute atomic E-state index is 0.728. The molecule has 4 heterocycles. The molecule has 6 heteroatoms. The zero-order valence-electron chi connectivity index (χ0n) is 14.6. The molecule has 2 saturated heterocycles. The van der Waals surface area contributed by atoms with Gasteiger partial charge in [-0.1, -0.05) is 30.3 Å². The Hall–Kier alpha value is -2.73. The van der Waals surface area contributed by atoms with Gasteiger partial charge in [0.2, 0.25) is 0 Å². The number of anilines is 1.